The molecule has 100 valence electrons. The molecule has 1 saturated heterocycles. The molecule has 1 fully saturated rings. The third-order valence-corrected chi connectivity index (χ3v) is 3.52. The van der Waals surface area contributed by atoms with Crippen molar-refractivity contribution in [1.82, 2.24) is 4.90 Å². The van der Waals surface area contributed by atoms with E-state index in [9.17, 15) is 0 Å². The Morgan fingerprint density at radius 1 is 1.61 bits per heavy atom. The summed E-state index contributed by atoms with van der Waals surface area (Å²) < 4.78 is 5.87. The van der Waals surface area contributed by atoms with Crippen LogP contribution in [0.2, 0.25) is 5.02 Å². The Kier molecular flexibility index (Phi) is 4.45. The summed E-state index contributed by atoms with van der Waals surface area (Å²) in [6.45, 7) is 1.88. The van der Waals surface area contributed by atoms with Crippen LogP contribution in [0.4, 0.5) is 0 Å². The van der Waals surface area contributed by atoms with Gasteiger partial charge in [0, 0.05) is 13.1 Å². The summed E-state index contributed by atoms with van der Waals surface area (Å²) in [5, 5.41) is 9.55. The highest BCUT2D eigenvalue weighted by Crippen LogP contribution is 2.29. The maximum absolute atomic E-state index is 9.00. The smallest absolute Gasteiger partial charge is 0.138 e. The second-order valence-electron chi connectivity index (χ2n) is 4.77. The minimum Gasteiger partial charge on any atom is -0.487 e. The Labute approximate surface area is 112 Å². The first-order valence-electron chi connectivity index (χ1n) is 6.11. The standard InChI is InChI=1S/C13H19ClN2O2/c1-16-5-4-10(7-16)18-13-3-2-9(6-11(13)14)12(15)8-17/h2-3,6,10,12,17H,4-5,7-8,15H2,1H3. The number of aliphatic hydroxyl groups excluding tert-OH is 1. The average Bonchev–Trinajstić information content (AvgIpc) is 2.76. The molecule has 4 nitrogen and oxygen atoms in total. The third-order valence-electron chi connectivity index (χ3n) is 3.22. The first-order valence-corrected chi connectivity index (χ1v) is 6.49. The summed E-state index contributed by atoms with van der Waals surface area (Å²) in [5.74, 6) is 0.686. The molecule has 0 saturated carbocycles. The van der Waals surface area contributed by atoms with Gasteiger partial charge in [0.2, 0.25) is 0 Å². The van der Waals surface area contributed by atoms with E-state index < -0.39 is 6.04 Å². The zero-order valence-corrected chi connectivity index (χ0v) is 11.2. The minimum absolute atomic E-state index is 0.0933. The van der Waals surface area contributed by atoms with Crippen molar-refractivity contribution >= 4 is 11.6 Å². The fraction of sp³-hybridized carbons (Fsp3) is 0.538. The van der Waals surface area contributed by atoms with Crippen LogP contribution >= 0.6 is 11.6 Å². The van der Waals surface area contributed by atoms with Crippen LogP contribution in [0.25, 0.3) is 0 Å². The zero-order valence-electron chi connectivity index (χ0n) is 10.5. The molecule has 18 heavy (non-hydrogen) atoms. The number of nitrogens with zero attached hydrogens (tertiary/aromatic N) is 1. The van der Waals surface area contributed by atoms with E-state index in [-0.39, 0.29) is 12.7 Å². The van der Waals surface area contributed by atoms with Crippen LogP contribution in [0, 0.1) is 0 Å². The molecule has 1 aromatic rings. The third kappa shape index (κ3) is 3.14. The van der Waals surface area contributed by atoms with Crippen LogP contribution < -0.4 is 10.5 Å². The Balaban J connectivity index is 2.05. The molecule has 2 rings (SSSR count). The van der Waals surface area contributed by atoms with Crippen molar-refractivity contribution in [1.29, 1.82) is 0 Å². The summed E-state index contributed by atoms with van der Waals surface area (Å²) in [5.41, 5.74) is 6.56. The van der Waals surface area contributed by atoms with Gasteiger partial charge in [-0.2, -0.15) is 0 Å². The molecule has 2 unspecified atom stereocenters. The topological polar surface area (TPSA) is 58.7 Å². The lowest BCUT2D eigenvalue weighted by Gasteiger charge is -2.16. The van der Waals surface area contributed by atoms with Gasteiger partial charge in [0.1, 0.15) is 11.9 Å². The van der Waals surface area contributed by atoms with Gasteiger partial charge in [-0.1, -0.05) is 17.7 Å². The van der Waals surface area contributed by atoms with Crippen molar-refractivity contribution in [2.45, 2.75) is 18.6 Å². The first-order chi connectivity index (χ1) is 8.60. The molecular weight excluding hydrogens is 252 g/mol. The van der Waals surface area contributed by atoms with Crippen molar-refractivity contribution in [3.63, 3.8) is 0 Å². The molecule has 0 amide bonds. The molecule has 1 aliphatic heterocycles. The molecule has 0 spiro atoms. The van der Waals surface area contributed by atoms with Gasteiger partial charge >= 0.3 is 0 Å². The highest BCUT2D eigenvalue weighted by Gasteiger charge is 2.21. The number of rotatable bonds is 4. The maximum Gasteiger partial charge on any atom is 0.138 e. The van der Waals surface area contributed by atoms with E-state index in [1.807, 2.05) is 12.1 Å². The number of nitrogens with two attached hydrogens (primary N) is 1. The fourth-order valence-corrected chi connectivity index (χ4v) is 2.35. The van der Waals surface area contributed by atoms with Crippen molar-refractivity contribution < 1.29 is 9.84 Å². The van der Waals surface area contributed by atoms with E-state index in [1.165, 1.54) is 0 Å². The number of hydrogen-bond acceptors (Lipinski definition) is 4. The summed E-state index contributed by atoms with van der Waals surface area (Å²) in [6, 6.07) is 5.04. The number of likely N-dealkylation sites (tertiary alicyclic amines) is 1. The maximum atomic E-state index is 9.00. The van der Waals surface area contributed by atoms with Crippen molar-refractivity contribution in [2.24, 2.45) is 5.73 Å². The average molecular weight is 271 g/mol. The number of ether oxygens (including phenoxy) is 1. The normalized spacial score (nSPS) is 22.1. The van der Waals surface area contributed by atoms with Crippen LogP contribution in [-0.2, 0) is 0 Å². The van der Waals surface area contributed by atoms with Gasteiger partial charge in [0.05, 0.1) is 17.7 Å². The van der Waals surface area contributed by atoms with Gasteiger partial charge < -0.3 is 20.5 Å². The predicted octanol–water partition coefficient (Wildman–Crippen LogP) is 1.41. The SMILES string of the molecule is CN1CCC(Oc2ccc(C(N)CO)cc2Cl)C1. The van der Waals surface area contributed by atoms with Gasteiger partial charge in [-0.05, 0) is 31.2 Å². The number of likely N-dealkylation sites (N-methyl/N-ethyl adjacent to an activating group) is 1. The van der Waals surface area contributed by atoms with E-state index in [2.05, 4.69) is 11.9 Å². The van der Waals surface area contributed by atoms with Gasteiger partial charge in [0.15, 0.2) is 0 Å². The van der Waals surface area contributed by atoms with Crippen LogP contribution in [-0.4, -0.2) is 42.9 Å². The molecule has 3 N–H and O–H groups in total. The van der Waals surface area contributed by atoms with Crippen LogP contribution in [0.5, 0.6) is 5.75 Å². The van der Waals surface area contributed by atoms with Crippen molar-refractivity contribution in [3.05, 3.63) is 28.8 Å². The van der Waals surface area contributed by atoms with Crippen LogP contribution in [0.3, 0.4) is 0 Å². The van der Waals surface area contributed by atoms with Gasteiger partial charge in [-0.3, -0.25) is 0 Å². The van der Waals surface area contributed by atoms with E-state index >= 15 is 0 Å². The number of hydrogen-bond donors (Lipinski definition) is 2. The largest absolute Gasteiger partial charge is 0.487 e. The highest BCUT2D eigenvalue weighted by atomic mass is 35.5. The van der Waals surface area contributed by atoms with Crippen LogP contribution in [0.15, 0.2) is 18.2 Å². The molecule has 0 radical (unpaired) electrons. The number of halogens is 1. The lowest BCUT2D eigenvalue weighted by Crippen LogP contribution is -2.21. The predicted molar refractivity (Wildman–Crippen MR) is 72.0 cm³/mol. The van der Waals surface area contributed by atoms with Crippen molar-refractivity contribution in [2.75, 3.05) is 26.7 Å². The second kappa shape index (κ2) is 5.89. The van der Waals surface area contributed by atoms with Gasteiger partial charge in [-0.15, -0.1) is 0 Å². The Morgan fingerprint density at radius 3 is 2.94 bits per heavy atom. The molecule has 0 aromatic heterocycles. The molecule has 5 heteroatoms. The summed E-state index contributed by atoms with van der Waals surface area (Å²) in [7, 11) is 2.08. The molecule has 0 bridgehead atoms. The number of benzene rings is 1. The Hall–Kier alpha value is -0.810. The first kappa shape index (κ1) is 13.6. The van der Waals surface area contributed by atoms with Crippen molar-refractivity contribution in [3.8, 4) is 5.75 Å². The fourth-order valence-electron chi connectivity index (χ4n) is 2.12. The number of aliphatic hydroxyl groups is 1. The quantitative estimate of drug-likeness (QED) is 0.869. The van der Waals surface area contributed by atoms with E-state index in [4.69, 9.17) is 27.2 Å². The van der Waals surface area contributed by atoms with Crippen LogP contribution in [0.1, 0.15) is 18.0 Å². The molecule has 1 heterocycles. The molecule has 1 aliphatic rings. The summed E-state index contributed by atoms with van der Waals surface area (Å²) >= 11 is 6.17. The molecule has 0 aliphatic carbocycles. The molecule has 1 aromatic carbocycles. The Bertz CT molecular complexity index is 414. The summed E-state index contributed by atoms with van der Waals surface area (Å²) in [6.07, 6.45) is 1.22. The van der Waals surface area contributed by atoms with Gasteiger partial charge in [-0.25, -0.2) is 0 Å². The van der Waals surface area contributed by atoms with E-state index in [1.54, 1.807) is 6.07 Å². The lowest BCUT2D eigenvalue weighted by atomic mass is 10.1. The monoisotopic (exact) mass is 270 g/mol. The minimum atomic E-state index is -0.394. The van der Waals surface area contributed by atoms with Gasteiger partial charge in [0.25, 0.3) is 0 Å². The van der Waals surface area contributed by atoms with E-state index in [0.29, 0.717) is 10.8 Å². The second-order valence-corrected chi connectivity index (χ2v) is 5.18. The molecule has 2 atom stereocenters. The molecular formula is C13H19ClN2O2. The van der Waals surface area contributed by atoms with E-state index in [0.717, 1.165) is 25.1 Å². The highest BCUT2D eigenvalue weighted by molar-refractivity contribution is 6.32. The Morgan fingerprint density at radius 2 is 2.39 bits per heavy atom. The summed E-state index contributed by atoms with van der Waals surface area (Å²) in [4.78, 5) is 2.23. The lowest BCUT2D eigenvalue weighted by molar-refractivity contribution is 0.208. The zero-order chi connectivity index (χ0) is 13.1.